The van der Waals surface area contributed by atoms with Crippen molar-refractivity contribution in [1.29, 1.82) is 0 Å². The zero-order valence-corrected chi connectivity index (χ0v) is 22.2. The van der Waals surface area contributed by atoms with Crippen molar-refractivity contribution >= 4 is 11.4 Å². The summed E-state index contributed by atoms with van der Waals surface area (Å²) >= 11 is 0. The van der Waals surface area contributed by atoms with Crippen molar-refractivity contribution in [3.63, 3.8) is 0 Å². The summed E-state index contributed by atoms with van der Waals surface area (Å²) in [6.45, 7) is 8.30. The maximum atomic E-state index is 16.8. The van der Waals surface area contributed by atoms with Crippen molar-refractivity contribution in [2.45, 2.75) is 70.3 Å². The maximum Gasteiger partial charge on any atom is 0.405 e. The van der Waals surface area contributed by atoms with Crippen molar-refractivity contribution < 1.29 is 26.3 Å². The van der Waals surface area contributed by atoms with Gasteiger partial charge in [0.25, 0.3) is 0 Å². The van der Waals surface area contributed by atoms with Crippen LogP contribution in [0.5, 0.6) is 0 Å². The highest BCUT2D eigenvalue weighted by molar-refractivity contribution is 5.49. The number of hydrogen-bond acceptors (Lipinski definition) is 4. The minimum Gasteiger partial charge on any atom is -0.369 e. The van der Waals surface area contributed by atoms with Crippen LogP contribution in [0.3, 0.4) is 0 Å². The van der Waals surface area contributed by atoms with Crippen molar-refractivity contribution in [3.05, 3.63) is 60.2 Å². The Morgan fingerprint density at radius 1 is 0.684 bits per heavy atom. The largest absolute Gasteiger partial charge is 0.405 e. The summed E-state index contributed by atoms with van der Waals surface area (Å²) in [6.07, 6.45) is -6.19. The lowest BCUT2D eigenvalue weighted by Crippen LogP contribution is -2.71. The molecule has 0 radical (unpaired) electrons. The third kappa shape index (κ3) is 6.06. The molecule has 2 heterocycles. The second-order valence-electron chi connectivity index (χ2n) is 10.8. The summed E-state index contributed by atoms with van der Waals surface area (Å²) in [4.78, 5) is 6.79. The molecule has 10 heteroatoms. The number of rotatable bonds is 6. The standard InChI is InChI=1S/C28H36F6N4/c1-18(2)37-14-13-35(22-9-5-20(29)6-10-22)15-24(37)27(31)25-16-36(23-11-7-21(30)8-12-23)17-26(28(32,33)34)38(25)19(3)4/h5-12,18-19,24-27H,13-17H2,1-4H3. The van der Waals surface area contributed by atoms with E-state index in [1.54, 1.807) is 26.0 Å². The average molecular weight is 543 g/mol. The van der Waals surface area contributed by atoms with Gasteiger partial charge >= 0.3 is 6.18 Å². The SMILES string of the molecule is CC(C)N1CCN(c2ccc(F)cc2)CC1C(F)C1CN(c2ccc(F)cc2)CC(C(F)(F)F)N1C(C)C. The number of hydrogen-bond donors (Lipinski definition) is 0. The van der Waals surface area contributed by atoms with Gasteiger partial charge in [-0.25, -0.2) is 13.2 Å². The Bertz CT molecular complexity index is 1040. The third-order valence-electron chi connectivity index (χ3n) is 7.76. The molecule has 0 bridgehead atoms. The monoisotopic (exact) mass is 542 g/mol. The average Bonchev–Trinajstić information content (AvgIpc) is 2.87. The molecule has 2 aliphatic rings. The van der Waals surface area contributed by atoms with E-state index in [1.807, 2.05) is 23.6 Å². The first-order chi connectivity index (χ1) is 17.9. The Morgan fingerprint density at radius 3 is 1.66 bits per heavy atom. The number of halogens is 6. The highest BCUT2D eigenvalue weighted by Gasteiger charge is 2.54. The van der Waals surface area contributed by atoms with Gasteiger partial charge in [0.15, 0.2) is 0 Å². The molecule has 2 aromatic rings. The molecule has 4 atom stereocenters. The van der Waals surface area contributed by atoms with E-state index < -0.39 is 42.3 Å². The van der Waals surface area contributed by atoms with Gasteiger partial charge < -0.3 is 9.80 Å². The molecule has 0 aliphatic carbocycles. The number of anilines is 2. The lowest BCUT2D eigenvalue weighted by Gasteiger charge is -2.54. The van der Waals surface area contributed by atoms with Crippen LogP contribution < -0.4 is 9.80 Å². The lowest BCUT2D eigenvalue weighted by atomic mass is 9.92. The lowest BCUT2D eigenvalue weighted by molar-refractivity contribution is -0.202. The molecule has 2 aromatic carbocycles. The zero-order chi connectivity index (χ0) is 27.8. The summed E-state index contributed by atoms with van der Waals surface area (Å²) in [7, 11) is 0. The number of piperazine rings is 2. The summed E-state index contributed by atoms with van der Waals surface area (Å²) in [6, 6.07) is 7.09. The fraction of sp³-hybridized carbons (Fsp3) is 0.571. The van der Waals surface area contributed by atoms with Crippen molar-refractivity contribution in [2.24, 2.45) is 0 Å². The van der Waals surface area contributed by atoms with Gasteiger partial charge in [0.2, 0.25) is 0 Å². The van der Waals surface area contributed by atoms with E-state index in [4.69, 9.17) is 0 Å². The van der Waals surface area contributed by atoms with Gasteiger partial charge in [-0.1, -0.05) is 0 Å². The smallest absolute Gasteiger partial charge is 0.369 e. The molecular weight excluding hydrogens is 506 g/mol. The first-order valence-corrected chi connectivity index (χ1v) is 13.1. The van der Waals surface area contributed by atoms with E-state index in [0.29, 0.717) is 18.8 Å². The predicted molar refractivity (Wildman–Crippen MR) is 138 cm³/mol. The third-order valence-corrected chi connectivity index (χ3v) is 7.76. The van der Waals surface area contributed by atoms with Gasteiger partial charge in [-0.3, -0.25) is 9.80 Å². The predicted octanol–water partition coefficient (Wildman–Crippen LogP) is 5.73. The number of nitrogens with zero attached hydrogens (tertiary/aromatic N) is 4. The fourth-order valence-electron chi connectivity index (χ4n) is 5.96. The summed E-state index contributed by atoms with van der Waals surface area (Å²) in [5.74, 6) is -0.860. The van der Waals surface area contributed by atoms with E-state index in [9.17, 15) is 22.0 Å². The molecule has 2 fully saturated rings. The second-order valence-corrected chi connectivity index (χ2v) is 10.8. The van der Waals surface area contributed by atoms with E-state index in [-0.39, 0.29) is 31.5 Å². The first-order valence-electron chi connectivity index (χ1n) is 13.1. The van der Waals surface area contributed by atoms with E-state index in [1.165, 1.54) is 46.2 Å². The Labute approximate surface area is 220 Å². The molecule has 0 aromatic heterocycles. The summed E-state index contributed by atoms with van der Waals surface area (Å²) < 4.78 is 87.1. The maximum absolute atomic E-state index is 16.8. The van der Waals surface area contributed by atoms with Crippen molar-refractivity contribution in [2.75, 3.05) is 42.5 Å². The van der Waals surface area contributed by atoms with Gasteiger partial charge in [0, 0.05) is 56.2 Å². The van der Waals surface area contributed by atoms with E-state index in [2.05, 4.69) is 0 Å². The van der Waals surface area contributed by atoms with Gasteiger partial charge in [0.05, 0.1) is 12.1 Å². The Hall–Kier alpha value is -2.46. The summed E-state index contributed by atoms with van der Waals surface area (Å²) in [5.41, 5.74) is 1.18. The molecule has 0 amide bonds. The molecule has 210 valence electrons. The summed E-state index contributed by atoms with van der Waals surface area (Å²) in [5, 5.41) is 0. The van der Waals surface area contributed by atoms with Crippen molar-refractivity contribution in [1.82, 2.24) is 9.80 Å². The van der Waals surface area contributed by atoms with Crippen LogP contribution in [-0.4, -0.2) is 85.1 Å². The van der Waals surface area contributed by atoms with Crippen LogP contribution in [0.15, 0.2) is 48.5 Å². The molecule has 4 nitrogen and oxygen atoms in total. The normalized spacial score (nSPS) is 24.9. The minimum atomic E-state index is -4.58. The van der Waals surface area contributed by atoms with Crippen LogP contribution in [0.1, 0.15) is 27.7 Å². The highest BCUT2D eigenvalue weighted by Crippen LogP contribution is 2.37. The first kappa shape index (κ1) is 28.5. The second kappa shape index (κ2) is 11.3. The Balaban J connectivity index is 1.69. The van der Waals surface area contributed by atoms with E-state index >= 15 is 4.39 Å². The molecule has 0 N–H and O–H groups in total. The molecule has 4 rings (SSSR count). The topological polar surface area (TPSA) is 13.0 Å². The number of benzene rings is 2. The molecule has 0 saturated carbocycles. The van der Waals surface area contributed by atoms with Crippen LogP contribution in [-0.2, 0) is 0 Å². The van der Waals surface area contributed by atoms with Crippen molar-refractivity contribution in [3.8, 4) is 0 Å². The number of alkyl halides is 4. The highest BCUT2D eigenvalue weighted by atomic mass is 19.4. The Morgan fingerprint density at radius 2 is 1.18 bits per heavy atom. The molecule has 2 aliphatic heterocycles. The van der Waals surface area contributed by atoms with Crippen LogP contribution >= 0.6 is 0 Å². The zero-order valence-electron chi connectivity index (χ0n) is 22.2. The van der Waals surface area contributed by atoms with Crippen LogP contribution in [0, 0.1) is 11.6 Å². The molecule has 2 saturated heterocycles. The van der Waals surface area contributed by atoms with Gasteiger partial charge in [-0.15, -0.1) is 0 Å². The molecule has 4 unspecified atom stereocenters. The van der Waals surface area contributed by atoms with Crippen LogP contribution in [0.2, 0.25) is 0 Å². The van der Waals surface area contributed by atoms with Gasteiger partial charge in [-0.2, -0.15) is 13.2 Å². The quantitative estimate of drug-likeness (QED) is 0.432. The molecule has 0 spiro atoms. The Kier molecular flexibility index (Phi) is 8.52. The molecule has 38 heavy (non-hydrogen) atoms. The molecular formula is C28H36F6N4. The van der Waals surface area contributed by atoms with E-state index in [0.717, 1.165) is 5.69 Å². The van der Waals surface area contributed by atoms with Gasteiger partial charge in [-0.05, 0) is 76.2 Å². The fourth-order valence-corrected chi connectivity index (χ4v) is 5.96. The van der Waals surface area contributed by atoms with Crippen LogP contribution in [0.4, 0.5) is 37.7 Å². The van der Waals surface area contributed by atoms with Crippen LogP contribution in [0.25, 0.3) is 0 Å². The van der Waals surface area contributed by atoms with Gasteiger partial charge in [0.1, 0.15) is 23.8 Å². The minimum absolute atomic E-state index is 0.0173.